The Kier molecular flexibility index (Phi) is 128. The molecular formula is C13H24CoO4Sn. The maximum Gasteiger partial charge on any atom is 0.106 e. The summed E-state index contributed by atoms with van der Waals surface area (Å²) in [5, 5.41) is 0. The van der Waals surface area contributed by atoms with Crippen LogP contribution in [0, 0.1) is 0 Å². The number of carbonyl (C=O) groups is 4. The van der Waals surface area contributed by atoms with E-state index in [4.69, 9.17) is 19.2 Å². The Balaban J connectivity index is -0.0000000401. The minimum atomic E-state index is -1.23. The molecule has 0 atom stereocenters. The van der Waals surface area contributed by atoms with Gasteiger partial charge in [-0.3, -0.25) is 0 Å². The van der Waals surface area contributed by atoms with Gasteiger partial charge in [-0.2, -0.15) is 0 Å². The molecule has 0 aliphatic carbocycles. The monoisotopic (exact) mass is 423 g/mol. The van der Waals surface area contributed by atoms with Crippen LogP contribution in [0.3, 0.4) is 0 Å². The topological polar surface area (TPSA) is 68.3 Å². The van der Waals surface area contributed by atoms with Gasteiger partial charge in [0.05, 0.1) is 0 Å². The van der Waals surface area contributed by atoms with Gasteiger partial charge in [-0.25, -0.2) is 0 Å². The van der Waals surface area contributed by atoms with Crippen molar-refractivity contribution >= 4 is 46.9 Å². The van der Waals surface area contributed by atoms with E-state index in [9.17, 15) is 0 Å². The van der Waals surface area contributed by atoms with Crippen molar-refractivity contribution in [2.45, 2.75) is 13.3 Å². The number of hydrogen-bond donors (Lipinski definition) is 0. The van der Waals surface area contributed by atoms with E-state index in [1.807, 2.05) is 45.4 Å². The molecule has 0 aromatic carbocycles. The van der Waals surface area contributed by atoms with Gasteiger partial charge in [-0.15, -0.1) is 0 Å². The van der Waals surface area contributed by atoms with Crippen molar-refractivity contribution in [1.29, 1.82) is 0 Å². The molecule has 0 fully saturated rings. The predicted octanol–water partition coefficient (Wildman–Crippen LogP) is 2.03. The normalized spacial score (nSPS) is 5.74. The van der Waals surface area contributed by atoms with Gasteiger partial charge in [-0.05, 0) is 0 Å². The van der Waals surface area contributed by atoms with E-state index < -0.39 is 19.8 Å². The van der Waals surface area contributed by atoms with E-state index in [0.717, 1.165) is 0 Å². The summed E-state index contributed by atoms with van der Waals surface area (Å²) in [6, 6.07) is 0. The second-order valence-corrected chi connectivity index (χ2v) is 11.4. The fraction of sp³-hybridized carbons (Fsp3) is 0.231. The van der Waals surface area contributed by atoms with Gasteiger partial charge < -0.3 is 19.2 Å². The molecular weight excluding hydrogens is 398 g/mol. The summed E-state index contributed by atoms with van der Waals surface area (Å²) in [6.07, 6.45) is 6.15. The molecule has 19 heavy (non-hydrogen) atoms. The molecule has 113 valence electrons. The molecule has 0 N–H and O–H groups in total. The summed E-state index contributed by atoms with van der Waals surface area (Å²) < 4.78 is 3.83. The van der Waals surface area contributed by atoms with Crippen LogP contribution in [0.2, 0.25) is 13.3 Å². The fourth-order valence-electron chi connectivity index (χ4n) is 0.996. The van der Waals surface area contributed by atoms with Gasteiger partial charge in [0, 0.05) is 16.8 Å². The maximum absolute atomic E-state index is 8.00. The third-order valence-electron chi connectivity index (χ3n) is 1.50. The average molecular weight is 422 g/mol. The summed E-state index contributed by atoms with van der Waals surface area (Å²) in [5.41, 5.74) is 0. The van der Waals surface area contributed by atoms with Gasteiger partial charge in [0.2, 0.25) is 0 Å². The van der Waals surface area contributed by atoms with Crippen molar-refractivity contribution in [3.63, 3.8) is 0 Å². The third kappa shape index (κ3) is 59.1. The number of hydrogen-bond acceptors (Lipinski definition) is 4. The summed E-state index contributed by atoms with van der Waals surface area (Å²) in [7, 11) is 0. The molecule has 0 aliphatic heterocycles. The van der Waals surface area contributed by atoms with E-state index in [-0.39, 0.29) is 16.8 Å². The molecule has 0 rings (SSSR count). The molecule has 0 aromatic rings. The molecule has 0 saturated heterocycles. The van der Waals surface area contributed by atoms with Crippen LogP contribution < -0.4 is 0 Å². The van der Waals surface area contributed by atoms with Crippen molar-refractivity contribution in [2.24, 2.45) is 0 Å². The first-order valence-corrected chi connectivity index (χ1v) is 11.8. The van der Waals surface area contributed by atoms with E-state index in [2.05, 4.69) is 19.7 Å². The maximum atomic E-state index is 8.00. The molecule has 6 heteroatoms. The molecule has 0 unspecified atom stereocenters. The molecule has 1 radical (unpaired) electrons. The Morgan fingerprint density at radius 1 is 0.579 bits per heavy atom. The molecule has 0 bridgehead atoms. The smallest absolute Gasteiger partial charge is 0.106 e. The van der Waals surface area contributed by atoms with E-state index in [1.165, 1.54) is 13.3 Å². The molecule has 4 nitrogen and oxygen atoms in total. The van der Waals surface area contributed by atoms with E-state index in [0.29, 0.717) is 0 Å². The van der Waals surface area contributed by atoms with E-state index in [1.54, 1.807) is 0 Å². The minimum Gasteiger partial charge on any atom is -0.307 e. The molecule has 0 amide bonds. The summed E-state index contributed by atoms with van der Waals surface area (Å²) in [5.74, 6) is 0. The van der Waals surface area contributed by atoms with Crippen LogP contribution >= 0.6 is 0 Å². The van der Waals surface area contributed by atoms with Gasteiger partial charge >= 0.3 is 71.0 Å². The Labute approximate surface area is 134 Å². The standard InChI is InChI=1S/3C3H5.4CH2O.Co.Sn.H/c3*1-3-2;4*1-2;;;/h3*3H,1-2H2;4*1H2;;;. The first kappa shape index (κ1) is 36.2. The van der Waals surface area contributed by atoms with Crippen molar-refractivity contribution in [2.75, 3.05) is 0 Å². The van der Waals surface area contributed by atoms with Crippen molar-refractivity contribution in [1.82, 2.24) is 0 Å². The summed E-state index contributed by atoms with van der Waals surface area (Å²) >= 11 is -1.23. The Morgan fingerprint density at radius 3 is 0.842 bits per heavy atom. The molecule has 0 heterocycles. The molecule has 0 spiro atoms. The van der Waals surface area contributed by atoms with Crippen LogP contribution in [-0.2, 0) is 36.0 Å². The fourth-order valence-corrected chi connectivity index (χ4v) is 6.68. The van der Waals surface area contributed by atoms with Crippen molar-refractivity contribution in [3.8, 4) is 0 Å². The Morgan fingerprint density at radius 2 is 0.737 bits per heavy atom. The zero-order valence-corrected chi connectivity index (χ0v) is 15.7. The third-order valence-corrected chi connectivity index (χ3v) is 10.1. The van der Waals surface area contributed by atoms with Gasteiger partial charge in [0.15, 0.2) is 0 Å². The first-order chi connectivity index (χ1) is 8.85. The zero-order valence-electron chi connectivity index (χ0n) is 11.3. The molecule has 0 saturated carbocycles. The Bertz CT molecular complexity index is 148. The van der Waals surface area contributed by atoms with Crippen LogP contribution in [0.15, 0.2) is 38.0 Å². The van der Waals surface area contributed by atoms with E-state index >= 15 is 0 Å². The van der Waals surface area contributed by atoms with Crippen LogP contribution in [0.4, 0.5) is 0 Å². The summed E-state index contributed by atoms with van der Waals surface area (Å²) in [6.45, 7) is 19.2. The van der Waals surface area contributed by atoms with Crippen LogP contribution in [-0.4, -0.2) is 46.9 Å². The van der Waals surface area contributed by atoms with Crippen molar-refractivity contribution < 1.29 is 36.0 Å². The minimum absolute atomic E-state index is 0. The average Bonchev–Trinajstić information content (AvgIpc) is 2.48. The largest absolute Gasteiger partial charge is 0.307 e. The van der Waals surface area contributed by atoms with Gasteiger partial charge in [0.1, 0.15) is 27.2 Å². The Hall–Kier alpha value is -0.795. The second kappa shape index (κ2) is 67.1. The first-order valence-electron chi connectivity index (χ1n) is 4.83. The molecule has 0 aliphatic rings. The van der Waals surface area contributed by atoms with Gasteiger partial charge in [0.25, 0.3) is 0 Å². The predicted molar refractivity (Wildman–Crippen MR) is 80.6 cm³/mol. The van der Waals surface area contributed by atoms with Crippen LogP contribution in [0.25, 0.3) is 0 Å². The molecule has 0 aromatic heterocycles. The number of allylic oxidation sites excluding steroid dienone is 3. The van der Waals surface area contributed by atoms with Crippen molar-refractivity contribution in [3.05, 3.63) is 38.0 Å². The zero-order chi connectivity index (χ0) is 15.8. The van der Waals surface area contributed by atoms with Gasteiger partial charge in [-0.1, -0.05) is 0 Å². The number of rotatable bonds is 6. The van der Waals surface area contributed by atoms with Crippen LogP contribution in [0.5, 0.6) is 0 Å². The SMILES string of the molecule is C=C[CH2][SnH]([CH2]C=C)[CH2]C=C.C=O.C=O.C=O.C=O.[Co]. The number of carbonyl (C=O) groups excluding carboxylic acids is 4. The van der Waals surface area contributed by atoms with Crippen LogP contribution in [0.1, 0.15) is 0 Å². The quantitative estimate of drug-likeness (QED) is 0.486. The second-order valence-electron chi connectivity index (χ2n) is 2.44. The summed E-state index contributed by atoms with van der Waals surface area (Å²) in [4.78, 5) is 32.0.